The van der Waals surface area contributed by atoms with E-state index in [1.165, 1.54) is 13.8 Å². The quantitative estimate of drug-likeness (QED) is 0.665. The average molecular weight is 379 g/mol. The lowest BCUT2D eigenvalue weighted by atomic mass is 9.92. The van der Waals surface area contributed by atoms with E-state index in [0.717, 1.165) is 11.2 Å². The van der Waals surface area contributed by atoms with Crippen LogP contribution in [0.5, 0.6) is 0 Å². The van der Waals surface area contributed by atoms with Crippen LogP contribution in [0.4, 0.5) is 8.78 Å². The Morgan fingerprint density at radius 1 is 1.13 bits per heavy atom. The van der Waals surface area contributed by atoms with Crippen molar-refractivity contribution in [3.63, 3.8) is 0 Å². The highest BCUT2D eigenvalue weighted by Gasteiger charge is 2.65. The lowest BCUT2D eigenvalue weighted by Crippen LogP contribution is -2.62. The molecular formula is C12H23F2NO6S2. The van der Waals surface area contributed by atoms with Gasteiger partial charge in [0.2, 0.25) is 10.0 Å². The van der Waals surface area contributed by atoms with Gasteiger partial charge < -0.3 is 4.74 Å². The summed E-state index contributed by atoms with van der Waals surface area (Å²) in [6.45, 7) is 3.17. The van der Waals surface area contributed by atoms with E-state index in [1.807, 2.05) is 0 Å². The summed E-state index contributed by atoms with van der Waals surface area (Å²) in [6.07, 6.45) is -1.23. The van der Waals surface area contributed by atoms with Gasteiger partial charge in [0.1, 0.15) is 5.25 Å². The molecule has 1 aliphatic rings. The fourth-order valence-electron chi connectivity index (χ4n) is 2.84. The first-order valence-electron chi connectivity index (χ1n) is 7.30. The van der Waals surface area contributed by atoms with Crippen LogP contribution >= 0.6 is 0 Å². The van der Waals surface area contributed by atoms with Gasteiger partial charge in [0, 0.05) is 13.1 Å². The zero-order valence-corrected chi connectivity index (χ0v) is 15.0. The molecule has 1 fully saturated rings. The first-order valence-corrected chi connectivity index (χ1v) is 10.2. The van der Waals surface area contributed by atoms with E-state index in [0.29, 0.717) is 0 Å². The first-order chi connectivity index (χ1) is 10.4. The smallest absolute Gasteiger partial charge is 0.287 e. The molecule has 1 heterocycles. The Balaban J connectivity index is 3.34. The number of sulfonamides is 1. The molecule has 0 amide bonds. The maximum atomic E-state index is 14.9. The summed E-state index contributed by atoms with van der Waals surface area (Å²) in [7, 11) is -9.63. The van der Waals surface area contributed by atoms with Crippen molar-refractivity contribution in [2.24, 2.45) is 0 Å². The molecule has 1 rings (SSSR count). The molecule has 1 atom stereocenters. The van der Waals surface area contributed by atoms with Crippen LogP contribution in [0.3, 0.4) is 0 Å². The van der Waals surface area contributed by atoms with Crippen LogP contribution in [0.1, 0.15) is 33.6 Å². The van der Waals surface area contributed by atoms with Crippen molar-refractivity contribution in [3.05, 3.63) is 0 Å². The summed E-state index contributed by atoms with van der Waals surface area (Å²) in [5.74, 6) is -4.17. The van der Waals surface area contributed by atoms with Crippen LogP contribution in [-0.2, 0) is 24.9 Å². The number of morpholine rings is 1. The molecule has 138 valence electrons. The van der Waals surface area contributed by atoms with Gasteiger partial charge >= 0.3 is 0 Å². The Hall–Kier alpha value is -0.360. The van der Waals surface area contributed by atoms with Crippen molar-refractivity contribution in [1.29, 1.82) is 0 Å². The number of halogens is 2. The number of hydrogen-bond donors (Lipinski definition) is 1. The molecule has 0 radical (unpaired) electrons. The molecule has 0 aromatic rings. The molecule has 0 bridgehead atoms. The third-order valence-corrected chi connectivity index (χ3v) is 8.64. The zero-order valence-electron chi connectivity index (χ0n) is 13.3. The number of alkyl halides is 2. The fourth-order valence-corrected chi connectivity index (χ4v) is 5.87. The second-order valence-electron chi connectivity index (χ2n) is 5.50. The van der Waals surface area contributed by atoms with Crippen molar-refractivity contribution >= 4 is 20.1 Å². The topological polar surface area (TPSA) is 101 Å². The van der Waals surface area contributed by atoms with Crippen molar-refractivity contribution in [2.75, 3.05) is 26.3 Å². The Morgan fingerprint density at radius 2 is 1.57 bits per heavy atom. The second-order valence-corrected chi connectivity index (χ2v) is 9.48. The average Bonchev–Trinajstić information content (AvgIpc) is 2.47. The molecular weight excluding hydrogens is 356 g/mol. The highest BCUT2D eigenvalue weighted by Crippen LogP contribution is 2.45. The number of ether oxygens (including phenoxy) is 1. The van der Waals surface area contributed by atoms with Gasteiger partial charge in [-0.25, -0.2) is 17.2 Å². The molecule has 1 unspecified atom stereocenters. The van der Waals surface area contributed by atoms with Crippen molar-refractivity contribution in [3.8, 4) is 0 Å². The van der Waals surface area contributed by atoms with Gasteiger partial charge in [0.25, 0.3) is 16.0 Å². The van der Waals surface area contributed by atoms with Crippen LogP contribution in [0.25, 0.3) is 0 Å². The van der Waals surface area contributed by atoms with Gasteiger partial charge in [-0.05, 0) is 19.8 Å². The number of nitrogens with zero attached hydrogens (tertiary/aromatic N) is 1. The number of rotatable bonds is 7. The van der Waals surface area contributed by atoms with E-state index in [1.54, 1.807) is 0 Å². The minimum atomic E-state index is -5.18. The Bertz CT molecular complexity index is 609. The standard InChI is InChI=1S/C12H23F2NO6S2/c1-4-11(5-2,23(18,19)20)12(13,14)10(3)22(16,17)15-6-8-21-9-7-15/h10H,4-9H2,1-3H3,(H,18,19,20). The largest absolute Gasteiger partial charge is 0.379 e. The Morgan fingerprint density at radius 3 is 1.91 bits per heavy atom. The minimum Gasteiger partial charge on any atom is -0.379 e. The van der Waals surface area contributed by atoms with Gasteiger partial charge in [-0.1, -0.05) is 13.8 Å². The molecule has 1 aliphatic heterocycles. The third-order valence-electron chi connectivity index (χ3n) is 4.53. The predicted octanol–water partition coefficient (Wildman–Crippen LogP) is 1.12. The zero-order chi connectivity index (χ0) is 18.1. The summed E-state index contributed by atoms with van der Waals surface area (Å²) < 4.78 is 90.3. The lowest BCUT2D eigenvalue weighted by Gasteiger charge is -2.40. The molecule has 0 aromatic heterocycles. The van der Waals surface area contributed by atoms with E-state index in [2.05, 4.69) is 0 Å². The highest BCUT2D eigenvalue weighted by molar-refractivity contribution is 7.90. The maximum absolute atomic E-state index is 14.9. The summed E-state index contributed by atoms with van der Waals surface area (Å²) in [5, 5.41) is -2.30. The minimum absolute atomic E-state index is 0.0696. The monoisotopic (exact) mass is 379 g/mol. The molecule has 1 N–H and O–H groups in total. The maximum Gasteiger partial charge on any atom is 0.287 e. The van der Waals surface area contributed by atoms with Crippen molar-refractivity contribution in [1.82, 2.24) is 4.31 Å². The van der Waals surface area contributed by atoms with Crippen LogP contribution < -0.4 is 0 Å². The molecule has 0 aromatic carbocycles. The molecule has 0 spiro atoms. The number of hydrogen-bond acceptors (Lipinski definition) is 5. The third kappa shape index (κ3) is 3.39. The van der Waals surface area contributed by atoms with Gasteiger partial charge in [-0.2, -0.15) is 12.7 Å². The Kier molecular flexibility index (Phi) is 6.18. The summed E-state index contributed by atoms with van der Waals surface area (Å²) in [5.41, 5.74) is 0. The predicted molar refractivity (Wildman–Crippen MR) is 80.6 cm³/mol. The second kappa shape index (κ2) is 6.87. The molecule has 0 aliphatic carbocycles. The van der Waals surface area contributed by atoms with E-state index in [-0.39, 0.29) is 26.3 Å². The molecule has 1 saturated heterocycles. The fraction of sp³-hybridized carbons (Fsp3) is 1.00. The molecule has 11 heteroatoms. The molecule has 0 saturated carbocycles. The summed E-state index contributed by atoms with van der Waals surface area (Å²) in [4.78, 5) is 0. The van der Waals surface area contributed by atoms with Crippen molar-refractivity contribution in [2.45, 2.75) is 49.5 Å². The first kappa shape index (κ1) is 20.7. The summed E-state index contributed by atoms with van der Waals surface area (Å²) >= 11 is 0. The van der Waals surface area contributed by atoms with Gasteiger partial charge in [0.15, 0.2) is 4.75 Å². The highest BCUT2D eigenvalue weighted by atomic mass is 32.2. The van der Waals surface area contributed by atoms with Crippen LogP contribution in [0.15, 0.2) is 0 Å². The van der Waals surface area contributed by atoms with E-state index < -0.39 is 48.9 Å². The van der Waals surface area contributed by atoms with E-state index in [9.17, 15) is 30.2 Å². The normalized spacial score (nSPS) is 20.4. The van der Waals surface area contributed by atoms with E-state index >= 15 is 0 Å². The molecule has 7 nitrogen and oxygen atoms in total. The summed E-state index contributed by atoms with van der Waals surface area (Å²) in [6, 6.07) is 0. The van der Waals surface area contributed by atoms with Gasteiger partial charge in [0.05, 0.1) is 13.2 Å². The van der Waals surface area contributed by atoms with Crippen LogP contribution in [0, 0.1) is 0 Å². The van der Waals surface area contributed by atoms with Crippen LogP contribution in [-0.4, -0.2) is 67.9 Å². The van der Waals surface area contributed by atoms with Crippen molar-refractivity contribution < 1.29 is 34.9 Å². The lowest BCUT2D eigenvalue weighted by molar-refractivity contribution is -0.0501. The molecule has 23 heavy (non-hydrogen) atoms. The Labute approximate surface area is 135 Å². The van der Waals surface area contributed by atoms with Gasteiger partial charge in [-0.15, -0.1) is 0 Å². The van der Waals surface area contributed by atoms with Crippen LogP contribution in [0.2, 0.25) is 0 Å². The van der Waals surface area contributed by atoms with Gasteiger partial charge in [-0.3, -0.25) is 4.55 Å². The van der Waals surface area contributed by atoms with E-state index in [4.69, 9.17) is 4.74 Å². The SMILES string of the molecule is CCC(CC)(C(F)(F)C(C)S(=O)(=O)N1CCOCC1)S(=O)(=O)O.